The summed E-state index contributed by atoms with van der Waals surface area (Å²) in [5, 5.41) is 9.28. The lowest BCUT2D eigenvalue weighted by Crippen LogP contribution is -2.47. The van der Waals surface area contributed by atoms with E-state index in [9.17, 15) is 4.79 Å². The Morgan fingerprint density at radius 3 is 2.42 bits per heavy atom. The van der Waals surface area contributed by atoms with Gasteiger partial charge in [-0.05, 0) is 31.0 Å². The van der Waals surface area contributed by atoms with E-state index in [0.717, 1.165) is 37.9 Å². The van der Waals surface area contributed by atoms with Crippen molar-refractivity contribution in [1.29, 1.82) is 0 Å². The molecule has 5 heteroatoms. The number of hydrogen-bond donors (Lipinski definition) is 1. The van der Waals surface area contributed by atoms with Crippen LogP contribution in [0.3, 0.4) is 0 Å². The third-order valence-electron chi connectivity index (χ3n) is 3.93. The maximum Gasteiger partial charge on any atom is 0.337 e. The van der Waals surface area contributed by atoms with E-state index in [-0.39, 0.29) is 5.56 Å². The third kappa shape index (κ3) is 2.69. The van der Waals surface area contributed by atoms with Crippen molar-refractivity contribution < 1.29 is 9.90 Å². The highest BCUT2D eigenvalue weighted by Gasteiger charge is 2.31. The van der Waals surface area contributed by atoms with Gasteiger partial charge in [-0.2, -0.15) is 0 Å². The first-order valence-electron chi connectivity index (χ1n) is 6.67. The van der Waals surface area contributed by atoms with E-state index in [1.807, 2.05) is 6.07 Å². The van der Waals surface area contributed by atoms with Crippen LogP contribution in [0.15, 0.2) is 18.2 Å². The molecule has 0 atom stereocenters. The second-order valence-corrected chi connectivity index (χ2v) is 5.63. The molecular formula is C14H17ClN2O2. The Morgan fingerprint density at radius 1 is 1.21 bits per heavy atom. The highest BCUT2D eigenvalue weighted by molar-refractivity contribution is 6.33. The molecule has 1 aliphatic heterocycles. The Bertz CT molecular complexity index is 494. The van der Waals surface area contributed by atoms with Crippen LogP contribution >= 0.6 is 11.6 Å². The topological polar surface area (TPSA) is 43.8 Å². The SMILES string of the molecule is O=C(O)c1ccc(N2CCN(C3CC3)CC2)cc1Cl. The summed E-state index contributed by atoms with van der Waals surface area (Å²) < 4.78 is 0. The van der Waals surface area contributed by atoms with Crippen LogP contribution in [0.25, 0.3) is 0 Å². The number of hydrogen-bond acceptors (Lipinski definition) is 3. The fraction of sp³-hybridized carbons (Fsp3) is 0.500. The van der Waals surface area contributed by atoms with Gasteiger partial charge in [0.25, 0.3) is 0 Å². The van der Waals surface area contributed by atoms with E-state index < -0.39 is 5.97 Å². The quantitative estimate of drug-likeness (QED) is 0.923. The number of piperazine rings is 1. The summed E-state index contributed by atoms with van der Waals surface area (Å²) in [7, 11) is 0. The van der Waals surface area contributed by atoms with Gasteiger partial charge in [0.05, 0.1) is 10.6 Å². The smallest absolute Gasteiger partial charge is 0.337 e. The van der Waals surface area contributed by atoms with Gasteiger partial charge in [0, 0.05) is 37.9 Å². The van der Waals surface area contributed by atoms with Gasteiger partial charge in [-0.15, -0.1) is 0 Å². The molecule has 1 aromatic carbocycles. The van der Waals surface area contributed by atoms with Crippen molar-refractivity contribution in [2.45, 2.75) is 18.9 Å². The largest absolute Gasteiger partial charge is 0.478 e. The van der Waals surface area contributed by atoms with Gasteiger partial charge in [-0.1, -0.05) is 11.6 Å². The number of anilines is 1. The number of carboxylic acids is 1. The lowest BCUT2D eigenvalue weighted by atomic mass is 10.1. The van der Waals surface area contributed by atoms with Crippen LogP contribution in [0.1, 0.15) is 23.2 Å². The molecule has 1 aliphatic carbocycles. The van der Waals surface area contributed by atoms with E-state index in [4.69, 9.17) is 16.7 Å². The summed E-state index contributed by atoms with van der Waals surface area (Å²) in [6.45, 7) is 4.14. The minimum Gasteiger partial charge on any atom is -0.478 e. The zero-order chi connectivity index (χ0) is 13.4. The highest BCUT2D eigenvalue weighted by Crippen LogP contribution is 2.29. The molecule has 0 radical (unpaired) electrons. The first-order valence-corrected chi connectivity index (χ1v) is 7.05. The van der Waals surface area contributed by atoms with E-state index in [2.05, 4.69) is 9.80 Å². The van der Waals surface area contributed by atoms with Gasteiger partial charge in [-0.25, -0.2) is 4.79 Å². The lowest BCUT2D eigenvalue weighted by molar-refractivity contribution is 0.0697. The summed E-state index contributed by atoms with van der Waals surface area (Å²) in [6, 6.07) is 6.02. The van der Waals surface area contributed by atoms with Gasteiger partial charge in [0.15, 0.2) is 0 Å². The molecule has 0 amide bonds. The number of halogens is 1. The Labute approximate surface area is 117 Å². The average Bonchev–Trinajstić information content (AvgIpc) is 3.22. The number of nitrogens with zero attached hydrogens (tertiary/aromatic N) is 2. The lowest BCUT2D eigenvalue weighted by Gasteiger charge is -2.36. The summed E-state index contributed by atoms with van der Waals surface area (Å²) in [4.78, 5) is 15.7. The van der Waals surface area contributed by atoms with Crippen molar-refractivity contribution >= 4 is 23.3 Å². The molecule has 3 rings (SSSR count). The molecule has 4 nitrogen and oxygen atoms in total. The first-order chi connectivity index (χ1) is 9.15. The third-order valence-corrected chi connectivity index (χ3v) is 4.24. The van der Waals surface area contributed by atoms with E-state index >= 15 is 0 Å². The van der Waals surface area contributed by atoms with Crippen molar-refractivity contribution in [2.24, 2.45) is 0 Å². The Kier molecular flexibility index (Phi) is 3.37. The minimum absolute atomic E-state index is 0.169. The molecule has 1 saturated heterocycles. The maximum absolute atomic E-state index is 10.9. The molecule has 0 aromatic heterocycles. The van der Waals surface area contributed by atoms with E-state index in [1.54, 1.807) is 12.1 Å². The highest BCUT2D eigenvalue weighted by atomic mass is 35.5. The molecule has 1 saturated carbocycles. The van der Waals surface area contributed by atoms with Crippen LogP contribution in [0.5, 0.6) is 0 Å². The van der Waals surface area contributed by atoms with Crippen LogP contribution in [-0.2, 0) is 0 Å². The van der Waals surface area contributed by atoms with Crippen molar-refractivity contribution in [1.82, 2.24) is 4.90 Å². The molecule has 0 unspecified atom stereocenters. The number of aromatic carboxylic acids is 1. The van der Waals surface area contributed by atoms with Crippen LogP contribution in [0.4, 0.5) is 5.69 Å². The van der Waals surface area contributed by atoms with Gasteiger partial charge in [-0.3, -0.25) is 4.90 Å². The molecule has 0 bridgehead atoms. The van der Waals surface area contributed by atoms with Gasteiger partial charge >= 0.3 is 5.97 Å². The molecule has 1 N–H and O–H groups in total. The van der Waals surface area contributed by atoms with Crippen molar-refractivity contribution in [3.63, 3.8) is 0 Å². The number of rotatable bonds is 3. The summed E-state index contributed by atoms with van der Waals surface area (Å²) in [5.41, 5.74) is 1.19. The van der Waals surface area contributed by atoms with Crippen LogP contribution in [0, 0.1) is 0 Å². The Morgan fingerprint density at radius 2 is 1.89 bits per heavy atom. The minimum atomic E-state index is -0.977. The molecular weight excluding hydrogens is 264 g/mol. The summed E-state index contributed by atoms with van der Waals surface area (Å²) >= 11 is 6.01. The van der Waals surface area contributed by atoms with Crippen LogP contribution in [-0.4, -0.2) is 48.2 Å². The zero-order valence-electron chi connectivity index (χ0n) is 10.7. The van der Waals surface area contributed by atoms with E-state index in [1.165, 1.54) is 12.8 Å². The Hall–Kier alpha value is -1.26. The zero-order valence-corrected chi connectivity index (χ0v) is 11.4. The summed E-state index contributed by atoms with van der Waals surface area (Å²) in [5.74, 6) is -0.977. The van der Waals surface area contributed by atoms with Crippen molar-refractivity contribution in [3.05, 3.63) is 28.8 Å². The predicted molar refractivity (Wildman–Crippen MR) is 75.2 cm³/mol. The van der Waals surface area contributed by atoms with Crippen molar-refractivity contribution in [2.75, 3.05) is 31.1 Å². The van der Waals surface area contributed by atoms with E-state index in [0.29, 0.717) is 5.02 Å². The number of carbonyl (C=O) groups is 1. The van der Waals surface area contributed by atoms with Gasteiger partial charge in [0.2, 0.25) is 0 Å². The first kappa shape index (κ1) is 12.8. The second-order valence-electron chi connectivity index (χ2n) is 5.22. The average molecular weight is 281 g/mol. The van der Waals surface area contributed by atoms with Crippen LogP contribution in [0.2, 0.25) is 5.02 Å². The monoisotopic (exact) mass is 280 g/mol. The maximum atomic E-state index is 10.9. The van der Waals surface area contributed by atoms with Crippen molar-refractivity contribution in [3.8, 4) is 0 Å². The van der Waals surface area contributed by atoms with Gasteiger partial charge < -0.3 is 10.0 Å². The predicted octanol–water partition coefficient (Wildman–Crippen LogP) is 2.32. The fourth-order valence-electron chi connectivity index (χ4n) is 2.66. The standard InChI is InChI=1S/C14H17ClN2O2/c15-13-9-11(3-4-12(13)14(18)19)17-7-5-16(6-8-17)10-1-2-10/h3-4,9-10H,1-2,5-8H2,(H,18,19). The molecule has 1 aromatic rings. The second kappa shape index (κ2) is 5.02. The Balaban J connectivity index is 1.69. The molecule has 2 fully saturated rings. The fourth-order valence-corrected chi connectivity index (χ4v) is 2.91. The van der Waals surface area contributed by atoms with Gasteiger partial charge in [0.1, 0.15) is 0 Å². The molecule has 2 aliphatic rings. The normalized spacial score (nSPS) is 20.6. The number of carboxylic acid groups (broad SMARTS) is 1. The number of benzene rings is 1. The molecule has 102 valence electrons. The molecule has 1 heterocycles. The summed E-state index contributed by atoms with van der Waals surface area (Å²) in [6.07, 6.45) is 2.69. The van der Waals surface area contributed by atoms with Crippen LogP contribution < -0.4 is 4.90 Å². The molecule has 19 heavy (non-hydrogen) atoms. The molecule has 0 spiro atoms.